The van der Waals surface area contributed by atoms with E-state index in [0.717, 1.165) is 18.6 Å². The van der Waals surface area contributed by atoms with Crippen LogP contribution in [0.2, 0.25) is 0 Å². The highest BCUT2D eigenvalue weighted by atomic mass is 16.5. The van der Waals surface area contributed by atoms with E-state index < -0.39 is 5.97 Å². The first-order valence-electron chi connectivity index (χ1n) is 10.3. The molecule has 3 rings (SSSR count). The Morgan fingerprint density at radius 2 is 2.03 bits per heavy atom. The summed E-state index contributed by atoms with van der Waals surface area (Å²) in [5.41, 5.74) is 1.97. The van der Waals surface area contributed by atoms with Crippen molar-refractivity contribution in [1.29, 1.82) is 0 Å². The number of H-pyrrole nitrogens is 1. The third-order valence-electron chi connectivity index (χ3n) is 5.44. The minimum atomic E-state index is -0.438. The number of aromatic amines is 1. The van der Waals surface area contributed by atoms with Gasteiger partial charge in [-0.05, 0) is 58.2 Å². The molecule has 2 N–H and O–H groups in total. The van der Waals surface area contributed by atoms with E-state index in [1.807, 2.05) is 19.1 Å². The number of likely N-dealkylation sites (tertiary alicyclic amines) is 1. The van der Waals surface area contributed by atoms with Gasteiger partial charge in [-0.3, -0.25) is 9.59 Å². The molecule has 2 aromatic rings. The number of rotatable bonds is 6. The summed E-state index contributed by atoms with van der Waals surface area (Å²) in [6.45, 7) is 8.60. The normalized spacial score (nSPS) is 16.4. The summed E-state index contributed by atoms with van der Waals surface area (Å²) in [6, 6.07) is 3.69. The number of hydrogen-bond acceptors (Lipinski definition) is 5. The molecule has 3 heterocycles. The van der Waals surface area contributed by atoms with Crippen molar-refractivity contribution < 1.29 is 23.5 Å². The van der Waals surface area contributed by atoms with Crippen LogP contribution in [-0.2, 0) is 16.1 Å². The zero-order valence-electron chi connectivity index (χ0n) is 18.0. The van der Waals surface area contributed by atoms with Crippen molar-refractivity contribution in [2.45, 2.75) is 47.1 Å². The van der Waals surface area contributed by atoms with Crippen LogP contribution in [0.1, 0.15) is 63.4 Å². The topological polar surface area (TPSA) is 105 Å². The average molecular weight is 415 g/mol. The van der Waals surface area contributed by atoms with Crippen molar-refractivity contribution in [2.75, 3.05) is 19.7 Å². The van der Waals surface area contributed by atoms with Crippen LogP contribution >= 0.6 is 0 Å². The van der Waals surface area contributed by atoms with Gasteiger partial charge >= 0.3 is 5.97 Å². The fourth-order valence-electron chi connectivity index (χ4n) is 3.91. The van der Waals surface area contributed by atoms with E-state index in [2.05, 4.69) is 10.3 Å². The molecule has 0 aliphatic carbocycles. The second-order valence-electron chi connectivity index (χ2n) is 7.67. The number of piperidine rings is 1. The summed E-state index contributed by atoms with van der Waals surface area (Å²) < 4.78 is 10.6. The molecule has 1 fully saturated rings. The first kappa shape index (κ1) is 21.7. The van der Waals surface area contributed by atoms with Gasteiger partial charge in [-0.2, -0.15) is 0 Å². The van der Waals surface area contributed by atoms with E-state index in [9.17, 15) is 14.4 Å². The summed E-state index contributed by atoms with van der Waals surface area (Å²) in [4.78, 5) is 42.6. The number of esters is 1. The molecule has 0 unspecified atom stereocenters. The molecule has 30 heavy (non-hydrogen) atoms. The zero-order chi connectivity index (χ0) is 21.8. The zero-order valence-corrected chi connectivity index (χ0v) is 18.0. The highest BCUT2D eigenvalue weighted by Crippen LogP contribution is 2.24. The lowest BCUT2D eigenvalue weighted by molar-refractivity contribution is -0.126. The van der Waals surface area contributed by atoms with Crippen LogP contribution in [0.25, 0.3) is 0 Å². The van der Waals surface area contributed by atoms with Crippen molar-refractivity contribution in [3.05, 3.63) is 46.2 Å². The summed E-state index contributed by atoms with van der Waals surface area (Å²) in [6.07, 6.45) is 1.47. The third-order valence-corrected chi connectivity index (χ3v) is 5.44. The van der Waals surface area contributed by atoms with Gasteiger partial charge in [0.1, 0.15) is 17.2 Å². The molecule has 0 radical (unpaired) electrons. The lowest BCUT2D eigenvalue weighted by Crippen LogP contribution is -2.45. The van der Waals surface area contributed by atoms with Gasteiger partial charge in [0, 0.05) is 18.8 Å². The molecule has 162 valence electrons. The van der Waals surface area contributed by atoms with Gasteiger partial charge in [0.25, 0.3) is 5.91 Å². The maximum Gasteiger partial charge on any atom is 0.340 e. The molecule has 8 nitrogen and oxygen atoms in total. The number of ether oxygens (including phenoxy) is 1. The van der Waals surface area contributed by atoms with Crippen LogP contribution in [0.5, 0.6) is 0 Å². The molecule has 1 saturated heterocycles. The van der Waals surface area contributed by atoms with Crippen LogP contribution in [0, 0.1) is 26.7 Å². The second-order valence-corrected chi connectivity index (χ2v) is 7.67. The number of furan rings is 1. The van der Waals surface area contributed by atoms with Crippen molar-refractivity contribution in [2.24, 2.45) is 5.92 Å². The summed E-state index contributed by atoms with van der Waals surface area (Å²) in [5, 5.41) is 2.90. The number of amides is 2. The fourth-order valence-corrected chi connectivity index (χ4v) is 3.91. The molecule has 8 heteroatoms. The molecule has 1 aliphatic rings. The van der Waals surface area contributed by atoms with Crippen molar-refractivity contribution >= 4 is 17.8 Å². The maximum absolute atomic E-state index is 13.1. The molecular weight excluding hydrogens is 386 g/mol. The highest BCUT2D eigenvalue weighted by Gasteiger charge is 2.31. The Morgan fingerprint density at radius 3 is 2.70 bits per heavy atom. The van der Waals surface area contributed by atoms with Crippen molar-refractivity contribution in [1.82, 2.24) is 15.2 Å². The quantitative estimate of drug-likeness (QED) is 0.706. The molecule has 0 spiro atoms. The lowest BCUT2D eigenvalue weighted by atomic mass is 9.96. The van der Waals surface area contributed by atoms with Crippen molar-refractivity contribution in [3.63, 3.8) is 0 Å². The Bertz CT molecular complexity index is 943. The average Bonchev–Trinajstić information content (AvgIpc) is 3.27. The SMILES string of the molecule is CCOC(=O)c1c(C)[nH]c(C(=O)N2CCC[C@H](C(=O)NCc3ccc(C)o3)C2)c1C. The second kappa shape index (κ2) is 9.19. The summed E-state index contributed by atoms with van der Waals surface area (Å²) >= 11 is 0. The van der Waals surface area contributed by atoms with Crippen LogP contribution in [0.4, 0.5) is 0 Å². The number of nitrogens with zero attached hydrogens (tertiary/aromatic N) is 1. The molecule has 1 atom stereocenters. The van der Waals surface area contributed by atoms with E-state index in [1.54, 1.807) is 25.7 Å². The van der Waals surface area contributed by atoms with Gasteiger partial charge in [0.15, 0.2) is 0 Å². The first-order chi connectivity index (χ1) is 14.3. The van der Waals surface area contributed by atoms with E-state index >= 15 is 0 Å². The van der Waals surface area contributed by atoms with Gasteiger partial charge in [-0.15, -0.1) is 0 Å². The monoisotopic (exact) mass is 415 g/mol. The lowest BCUT2D eigenvalue weighted by Gasteiger charge is -2.32. The van der Waals surface area contributed by atoms with Crippen molar-refractivity contribution in [3.8, 4) is 0 Å². The Morgan fingerprint density at radius 1 is 1.27 bits per heavy atom. The minimum absolute atomic E-state index is 0.0897. The third kappa shape index (κ3) is 4.58. The van der Waals surface area contributed by atoms with Crippen LogP contribution in [0.15, 0.2) is 16.5 Å². The number of nitrogens with one attached hydrogen (secondary N) is 2. The Kier molecular flexibility index (Phi) is 6.64. The van der Waals surface area contributed by atoms with E-state index in [4.69, 9.17) is 9.15 Å². The van der Waals surface area contributed by atoms with E-state index in [-0.39, 0.29) is 24.3 Å². The van der Waals surface area contributed by atoms with Crippen LogP contribution < -0.4 is 5.32 Å². The van der Waals surface area contributed by atoms with Crippen LogP contribution in [-0.4, -0.2) is 47.4 Å². The standard InChI is InChI=1S/C22H29N3O5/c1-5-29-22(28)18-14(3)19(24-15(18)4)21(27)25-10-6-7-16(12-25)20(26)23-11-17-9-8-13(2)30-17/h8-9,16,24H,5-7,10-12H2,1-4H3,(H,23,26)/t16-/m0/s1. The molecule has 0 saturated carbocycles. The molecule has 2 amide bonds. The van der Waals surface area contributed by atoms with Gasteiger partial charge in [0.05, 0.1) is 24.6 Å². The predicted molar refractivity (Wildman–Crippen MR) is 110 cm³/mol. The van der Waals surface area contributed by atoms with Gasteiger partial charge in [0.2, 0.25) is 5.91 Å². The molecule has 1 aliphatic heterocycles. The molecule has 0 aromatic carbocycles. The number of aryl methyl sites for hydroxylation is 2. The first-order valence-corrected chi connectivity index (χ1v) is 10.3. The summed E-state index contributed by atoms with van der Waals surface area (Å²) in [5.74, 6) is 0.492. The Labute approximate surface area is 176 Å². The number of hydrogen-bond donors (Lipinski definition) is 2. The molecule has 2 aromatic heterocycles. The molecule has 0 bridgehead atoms. The summed E-state index contributed by atoms with van der Waals surface area (Å²) in [7, 11) is 0. The maximum atomic E-state index is 13.1. The number of aromatic nitrogens is 1. The Balaban J connectivity index is 1.66. The van der Waals surface area contributed by atoms with Gasteiger partial charge < -0.3 is 24.4 Å². The minimum Gasteiger partial charge on any atom is -0.465 e. The molecular formula is C22H29N3O5. The van der Waals surface area contributed by atoms with Gasteiger partial charge in [-0.25, -0.2) is 4.79 Å². The van der Waals surface area contributed by atoms with Gasteiger partial charge in [-0.1, -0.05) is 0 Å². The predicted octanol–water partition coefficient (Wildman–Crippen LogP) is 2.88. The highest BCUT2D eigenvalue weighted by molar-refractivity contribution is 6.00. The largest absolute Gasteiger partial charge is 0.465 e. The fraction of sp³-hybridized carbons (Fsp3) is 0.500. The van der Waals surface area contributed by atoms with Crippen LogP contribution in [0.3, 0.4) is 0 Å². The smallest absolute Gasteiger partial charge is 0.340 e. The Hall–Kier alpha value is -3.03. The number of carbonyl (C=O) groups is 3. The van der Waals surface area contributed by atoms with E-state index in [1.165, 1.54) is 0 Å². The van der Waals surface area contributed by atoms with E-state index in [0.29, 0.717) is 47.9 Å². The number of carbonyl (C=O) groups excluding carboxylic acids is 3.